The SMILES string of the molecule is CC.CC.Cc1cc(C(O)C2OC(n3ccc4c(C)ncnc43)CC2C)ccc1Cl. The Morgan fingerprint density at radius 2 is 1.83 bits per heavy atom. The molecule has 1 aliphatic rings. The van der Waals surface area contributed by atoms with Crippen molar-refractivity contribution in [3.63, 3.8) is 0 Å². The van der Waals surface area contributed by atoms with Gasteiger partial charge in [0.25, 0.3) is 0 Å². The highest BCUT2D eigenvalue weighted by atomic mass is 35.5. The van der Waals surface area contributed by atoms with Gasteiger partial charge in [0, 0.05) is 16.6 Å². The van der Waals surface area contributed by atoms with Crippen LogP contribution in [-0.2, 0) is 4.74 Å². The Labute approximate surface area is 185 Å². The van der Waals surface area contributed by atoms with E-state index in [9.17, 15) is 5.11 Å². The van der Waals surface area contributed by atoms with Gasteiger partial charge in [-0.05, 0) is 49.4 Å². The molecule has 0 radical (unpaired) electrons. The van der Waals surface area contributed by atoms with Crippen molar-refractivity contribution in [2.24, 2.45) is 5.92 Å². The van der Waals surface area contributed by atoms with Gasteiger partial charge in [-0.15, -0.1) is 0 Å². The normalized spacial score (nSPS) is 21.4. The van der Waals surface area contributed by atoms with Crippen LogP contribution in [0.1, 0.15) is 70.2 Å². The van der Waals surface area contributed by atoms with Gasteiger partial charge in [0.15, 0.2) is 0 Å². The summed E-state index contributed by atoms with van der Waals surface area (Å²) in [5.74, 6) is 0.214. The molecule has 1 N–H and O–H groups in total. The molecule has 0 amide bonds. The van der Waals surface area contributed by atoms with Crippen LogP contribution >= 0.6 is 11.6 Å². The van der Waals surface area contributed by atoms with Crippen LogP contribution in [0.4, 0.5) is 0 Å². The van der Waals surface area contributed by atoms with E-state index in [1.807, 2.05) is 76.6 Å². The summed E-state index contributed by atoms with van der Waals surface area (Å²) in [5, 5.41) is 12.6. The molecule has 4 unspecified atom stereocenters. The summed E-state index contributed by atoms with van der Waals surface area (Å²) in [6.45, 7) is 14.0. The van der Waals surface area contributed by atoms with Gasteiger partial charge in [0.1, 0.15) is 24.3 Å². The largest absolute Gasteiger partial charge is 0.386 e. The van der Waals surface area contributed by atoms with E-state index in [0.717, 1.165) is 34.3 Å². The molecule has 0 saturated carbocycles. The predicted molar refractivity (Wildman–Crippen MR) is 124 cm³/mol. The molecular formula is C24H34ClN3O2. The number of aliphatic hydroxyl groups is 1. The minimum atomic E-state index is -0.691. The highest BCUT2D eigenvalue weighted by Crippen LogP contribution is 2.40. The van der Waals surface area contributed by atoms with Crippen LogP contribution in [0, 0.1) is 19.8 Å². The number of fused-ring (bicyclic) bond motifs is 1. The lowest BCUT2D eigenvalue weighted by molar-refractivity contribution is -0.0675. The van der Waals surface area contributed by atoms with Gasteiger partial charge in [0.05, 0.1) is 11.8 Å². The van der Waals surface area contributed by atoms with Gasteiger partial charge in [-0.25, -0.2) is 9.97 Å². The summed E-state index contributed by atoms with van der Waals surface area (Å²) in [6, 6.07) is 7.64. The molecule has 1 fully saturated rings. The molecule has 5 nitrogen and oxygen atoms in total. The van der Waals surface area contributed by atoms with E-state index in [0.29, 0.717) is 5.02 Å². The maximum atomic E-state index is 10.9. The van der Waals surface area contributed by atoms with Crippen molar-refractivity contribution >= 4 is 22.6 Å². The van der Waals surface area contributed by atoms with Crippen LogP contribution in [0.15, 0.2) is 36.8 Å². The lowest BCUT2D eigenvalue weighted by Gasteiger charge is -2.23. The van der Waals surface area contributed by atoms with Gasteiger partial charge in [-0.1, -0.05) is 58.4 Å². The summed E-state index contributed by atoms with van der Waals surface area (Å²) >= 11 is 6.10. The zero-order valence-electron chi connectivity index (χ0n) is 19.1. The number of aryl methyl sites for hydroxylation is 2. The van der Waals surface area contributed by atoms with Crippen LogP contribution in [-0.4, -0.2) is 25.7 Å². The average Bonchev–Trinajstić information content (AvgIpc) is 3.37. The van der Waals surface area contributed by atoms with E-state index in [1.54, 1.807) is 6.33 Å². The molecule has 1 aliphatic heterocycles. The monoisotopic (exact) mass is 431 g/mol. The third-order valence-corrected chi connectivity index (χ3v) is 5.73. The molecule has 4 atom stereocenters. The number of rotatable bonds is 3. The summed E-state index contributed by atoms with van der Waals surface area (Å²) in [4.78, 5) is 8.66. The number of benzene rings is 1. The number of hydrogen-bond acceptors (Lipinski definition) is 4. The van der Waals surface area contributed by atoms with E-state index >= 15 is 0 Å². The molecule has 3 aromatic rings. The topological polar surface area (TPSA) is 60.2 Å². The first-order chi connectivity index (χ1) is 14.5. The highest BCUT2D eigenvalue weighted by Gasteiger charge is 2.38. The number of nitrogens with zero attached hydrogens (tertiary/aromatic N) is 3. The first-order valence-corrected chi connectivity index (χ1v) is 11.2. The second-order valence-corrected chi connectivity index (χ2v) is 7.55. The molecule has 164 valence electrons. The minimum absolute atomic E-state index is 0.148. The number of halogens is 1. The average molecular weight is 432 g/mol. The first kappa shape index (κ1) is 24.3. The van der Waals surface area contributed by atoms with Crippen LogP contribution in [0.5, 0.6) is 0 Å². The molecule has 1 saturated heterocycles. The van der Waals surface area contributed by atoms with Crippen molar-refractivity contribution in [3.8, 4) is 0 Å². The highest BCUT2D eigenvalue weighted by molar-refractivity contribution is 6.31. The molecule has 30 heavy (non-hydrogen) atoms. The Hall–Kier alpha value is -1.95. The van der Waals surface area contributed by atoms with Crippen molar-refractivity contribution in [1.29, 1.82) is 0 Å². The van der Waals surface area contributed by atoms with Crippen LogP contribution in [0.2, 0.25) is 5.02 Å². The molecule has 0 spiro atoms. The van der Waals surface area contributed by atoms with Gasteiger partial charge in [-0.3, -0.25) is 0 Å². The van der Waals surface area contributed by atoms with E-state index in [2.05, 4.69) is 16.9 Å². The van der Waals surface area contributed by atoms with Gasteiger partial charge >= 0.3 is 0 Å². The Bertz CT molecular complexity index is 957. The van der Waals surface area contributed by atoms with Crippen molar-refractivity contribution in [1.82, 2.24) is 14.5 Å². The summed E-state index contributed by atoms with van der Waals surface area (Å²) in [5.41, 5.74) is 3.61. The fourth-order valence-corrected chi connectivity index (χ4v) is 3.88. The van der Waals surface area contributed by atoms with Crippen LogP contribution in [0.25, 0.3) is 11.0 Å². The fourth-order valence-electron chi connectivity index (χ4n) is 3.76. The molecule has 3 heterocycles. The van der Waals surface area contributed by atoms with Crippen molar-refractivity contribution < 1.29 is 9.84 Å². The van der Waals surface area contributed by atoms with E-state index < -0.39 is 6.10 Å². The summed E-state index contributed by atoms with van der Waals surface area (Å²) in [6.07, 6.45) is 3.27. The first-order valence-electron chi connectivity index (χ1n) is 10.8. The zero-order valence-corrected chi connectivity index (χ0v) is 19.8. The number of ether oxygens (including phenoxy) is 1. The Kier molecular flexibility index (Phi) is 8.83. The van der Waals surface area contributed by atoms with Crippen LogP contribution < -0.4 is 0 Å². The Balaban J connectivity index is 0.000000757. The van der Waals surface area contributed by atoms with Gasteiger partial charge in [0.2, 0.25) is 0 Å². The molecule has 0 bridgehead atoms. The standard InChI is InChI=1S/C20H22ClN3O2.2C2H6/c1-11-8-14(4-5-16(11)21)18(25)19-12(2)9-17(26-19)24-7-6-15-13(3)22-10-23-20(15)24;2*1-2/h4-8,10,12,17-19,25H,9H2,1-3H3;2*1-2H3. The van der Waals surface area contributed by atoms with E-state index in [4.69, 9.17) is 16.3 Å². The number of aromatic nitrogens is 3. The van der Waals surface area contributed by atoms with Gasteiger partial charge in [-0.2, -0.15) is 0 Å². The van der Waals surface area contributed by atoms with Crippen molar-refractivity contribution in [2.75, 3.05) is 0 Å². The van der Waals surface area contributed by atoms with Crippen molar-refractivity contribution in [2.45, 2.75) is 73.3 Å². The van der Waals surface area contributed by atoms with Gasteiger partial charge < -0.3 is 14.4 Å². The molecule has 2 aromatic heterocycles. The van der Waals surface area contributed by atoms with Crippen molar-refractivity contribution in [3.05, 3.63) is 58.6 Å². The molecule has 6 heteroatoms. The lowest BCUT2D eigenvalue weighted by Crippen LogP contribution is -2.23. The third-order valence-electron chi connectivity index (χ3n) is 5.30. The molecular weight excluding hydrogens is 398 g/mol. The zero-order chi connectivity index (χ0) is 22.4. The van der Waals surface area contributed by atoms with E-state index in [-0.39, 0.29) is 18.2 Å². The molecule has 4 rings (SSSR count). The van der Waals surface area contributed by atoms with E-state index in [1.165, 1.54) is 0 Å². The summed E-state index contributed by atoms with van der Waals surface area (Å²) < 4.78 is 8.31. The maximum Gasteiger partial charge on any atom is 0.145 e. The minimum Gasteiger partial charge on any atom is -0.386 e. The van der Waals surface area contributed by atoms with Crippen LogP contribution in [0.3, 0.4) is 0 Å². The lowest BCUT2D eigenvalue weighted by atomic mass is 9.94. The summed E-state index contributed by atoms with van der Waals surface area (Å²) in [7, 11) is 0. The second-order valence-electron chi connectivity index (χ2n) is 7.14. The fraction of sp³-hybridized carbons (Fsp3) is 0.500. The number of hydrogen-bond donors (Lipinski definition) is 1. The Morgan fingerprint density at radius 3 is 2.50 bits per heavy atom. The second kappa shape index (κ2) is 10.9. The number of aliphatic hydroxyl groups excluding tert-OH is 1. The third kappa shape index (κ3) is 4.85. The quantitative estimate of drug-likeness (QED) is 0.520. The Morgan fingerprint density at radius 1 is 1.13 bits per heavy atom. The maximum absolute atomic E-state index is 10.9. The molecule has 1 aromatic carbocycles. The predicted octanol–water partition coefficient (Wildman–Crippen LogP) is 6.41. The molecule has 0 aliphatic carbocycles. The smallest absolute Gasteiger partial charge is 0.145 e.